The predicted molar refractivity (Wildman–Crippen MR) is 67.7 cm³/mol. The third-order valence-electron chi connectivity index (χ3n) is 2.58. The summed E-state index contributed by atoms with van der Waals surface area (Å²) in [5.74, 6) is -1.10. The molecule has 0 saturated heterocycles. The highest BCUT2D eigenvalue weighted by molar-refractivity contribution is 7.89. The van der Waals surface area contributed by atoms with Gasteiger partial charge in [-0.2, -0.15) is 14.0 Å². The second-order valence-corrected chi connectivity index (χ2v) is 5.71. The van der Waals surface area contributed by atoms with E-state index in [1.54, 1.807) is 6.92 Å². The molecule has 0 atom stereocenters. The summed E-state index contributed by atoms with van der Waals surface area (Å²) in [6, 6.07) is 4.20. The van der Waals surface area contributed by atoms with Crippen molar-refractivity contribution in [3.8, 4) is 6.07 Å². The zero-order chi connectivity index (χ0) is 15.3. The highest BCUT2D eigenvalue weighted by Gasteiger charge is 2.26. The molecular weight excluding hydrogens is 289 g/mol. The number of nitro benzene ring substituents is 1. The molecule has 7 nitrogen and oxygen atoms in total. The van der Waals surface area contributed by atoms with Gasteiger partial charge in [-0.3, -0.25) is 10.1 Å². The summed E-state index contributed by atoms with van der Waals surface area (Å²) in [5.41, 5.74) is -0.901. The van der Waals surface area contributed by atoms with Gasteiger partial charge in [-0.05, 0) is 12.1 Å². The van der Waals surface area contributed by atoms with Crippen LogP contribution in [-0.2, 0) is 10.0 Å². The highest BCUT2D eigenvalue weighted by Crippen LogP contribution is 2.24. The Labute approximate surface area is 115 Å². The van der Waals surface area contributed by atoms with Crippen LogP contribution in [0, 0.1) is 27.3 Å². The second-order valence-electron chi connectivity index (χ2n) is 3.78. The average Bonchev–Trinajstić information content (AvgIpc) is 2.39. The number of hydrogen-bond acceptors (Lipinski definition) is 5. The molecule has 108 valence electrons. The van der Waals surface area contributed by atoms with E-state index in [9.17, 15) is 22.9 Å². The van der Waals surface area contributed by atoms with E-state index in [1.807, 2.05) is 6.07 Å². The van der Waals surface area contributed by atoms with Crippen LogP contribution in [0.4, 0.5) is 10.1 Å². The Kier molecular flexibility index (Phi) is 5.12. The molecule has 0 aromatic heterocycles. The largest absolute Gasteiger partial charge is 0.306 e. The number of nitriles is 1. The Balaban J connectivity index is 3.25. The summed E-state index contributed by atoms with van der Waals surface area (Å²) in [6.45, 7) is 1.66. The van der Waals surface area contributed by atoms with Crippen molar-refractivity contribution < 1.29 is 17.7 Å². The number of halogens is 1. The van der Waals surface area contributed by atoms with Crippen molar-refractivity contribution in [3.05, 3.63) is 34.1 Å². The Morgan fingerprint density at radius 3 is 2.65 bits per heavy atom. The lowest BCUT2D eigenvalue weighted by molar-refractivity contribution is -0.387. The first-order valence-corrected chi connectivity index (χ1v) is 7.09. The van der Waals surface area contributed by atoms with Gasteiger partial charge < -0.3 is 0 Å². The van der Waals surface area contributed by atoms with Gasteiger partial charge in [0, 0.05) is 25.6 Å². The van der Waals surface area contributed by atoms with Crippen molar-refractivity contribution in [2.45, 2.75) is 18.2 Å². The third kappa shape index (κ3) is 3.28. The topological polar surface area (TPSA) is 104 Å². The van der Waals surface area contributed by atoms with Crippen molar-refractivity contribution in [1.29, 1.82) is 5.26 Å². The van der Waals surface area contributed by atoms with E-state index in [4.69, 9.17) is 5.26 Å². The molecule has 0 fully saturated rings. The van der Waals surface area contributed by atoms with Crippen molar-refractivity contribution in [2.24, 2.45) is 0 Å². The number of benzene rings is 1. The van der Waals surface area contributed by atoms with Crippen LogP contribution in [0.3, 0.4) is 0 Å². The van der Waals surface area contributed by atoms with E-state index in [0.29, 0.717) is 6.07 Å². The fourth-order valence-corrected chi connectivity index (χ4v) is 3.04. The van der Waals surface area contributed by atoms with Crippen molar-refractivity contribution in [3.63, 3.8) is 0 Å². The minimum Gasteiger partial charge on any atom is -0.258 e. The standard InChI is InChI=1S/C11H12FN3O4S/c1-2-14(7-3-6-13)20(18,19)9-4-5-10(12)11(8-9)15(16)17/h4-5,8H,2-3,7H2,1H3. The summed E-state index contributed by atoms with van der Waals surface area (Å²) >= 11 is 0. The summed E-state index contributed by atoms with van der Waals surface area (Å²) in [6.07, 6.45) is -0.00361. The lowest BCUT2D eigenvalue weighted by atomic mass is 10.3. The van der Waals surface area contributed by atoms with Crippen molar-refractivity contribution in [2.75, 3.05) is 13.1 Å². The lowest BCUT2D eigenvalue weighted by Gasteiger charge is -2.19. The van der Waals surface area contributed by atoms with Crippen LogP contribution in [0.25, 0.3) is 0 Å². The van der Waals surface area contributed by atoms with E-state index in [0.717, 1.165) is 16.4 Å². The van der Waals surface area contributed by atoms with E-state index >= 15 is 0 Å². The maximum absolute atomic E-state index is 13.2. The molecule has 0 amide bonds. The highest BCUT2D eigenvalue weighted by atomic mass is 32.2. The van der Waals surface area contributed by atoms with Crippen LogP contribution >= 0.6 is 0 Å². The molecule has 0 radical (unpaired) electrons. The van der Waals surface area contributed by atoms with E-state index in [2.05, 4.69) is 0 Å². The Hall–Kier alpha value is -2.05. The molecule has 1 aromatic rings. The summed E-state index contributed by atoms with van der Waals surface area (Å²) < 4.78 is 38.7. The van der Waals surface area contributed by atoms with Crippen LogP contribution in [0.15, 0.2) is 23.1 Å². The first-order valence-electron chi connectivity index (χ1n) is 5.65. The molecule has 0 aliphatic carbocycles. The van der Waals surface area contributed by atoms with E-state index < -0.39 is 26.5 Å². The van der Waals surface area contributed by atoms with Gasteiger partial charge >= 0.3 is 5.69 Å². The molecule has 20 heavy (non-hydrogen) atoms. The van der Waals surface area contributed by atoms with Gasteiger partial charge in [0.2, 0.25) is 15.8 Å². The lowest BCUT2D eigenvalue weighted by Crippen LogP contribution is -2.31. The number of nitrogens with zero attached hydrogens (tertiary/aromatic N) is 3. The van der Waals surface area contributed by atoms with Crippen molar-refractivity contribution >= 4 is 15.7 Å². The zero-order valence-corrected chi connectivity index (χ0v) is 11.4. The van der Waals surface area contributed by atoms with Crippen molar-refractivity contribution in [1.82, 2.24) is 4.31 Å². The summed E-state index contributed by atoms with van der Waals surface area (Å²) in [4.78, 5) is 9.27. The molecule has 1 rings (SSSR count). The fraction of sp³-hybridized carbons (Fsp3) is 0.364. The molecule has 0 aliphatic heterocycles. The normalized spacial score (nSPS) is 11.3. The third-order valence-corrected chi connectivity index (χ3v) is 4.55. The minimum atomic E-state index is -3.99. The molecule has 0 N–H and O–H groups in total. The molecule has 0 heterocycles. The van der Waals surface area contributed by atoms with Gasteiger partial charge in [-0.25, -0.2) is 8.42 Å². The van der Waals surface area contributed by atoms with Crippen LogP contribution in [-0.4, -0.2) is 30.7 Å². The van der Waals surface area contributed by atoms with Crippen LogP contribution in [0.2, 0.25) is 0 Å². The predicted octanol–water partition coefficient (Wildman–Crippen LogP) is 1.66. The Bertz CT molecular complexity index is 654. The molecule has 0 unspecified atom stereocenters. The monoisotopic (exact) mass is 301 g/mol. The molecular formula is C11H12FN3O4S. The van der Waals surface area contributed by atoms with Gasteiger partial charge in [0.25, 0.3) is 0 Å². The second kappa shape index (κ2) is 6.40. The average molecular weight is 301 g/mol. The quantitative estimate of drug-likeness (QED) is 0.587. The minimum absolute atomic E-state index is 0.00361. The Morgan fingerprint density at radius 2 is 2.15 bits per heavy atom. The van der Waals surface area contributed by atoms with Crippen LogP contribution < -0.4 is 0 Å². The fourth-order valence-electron chi connectivity index (χ4n) is 1.56. The van der Waals surface area contributed by atoms with Crippen LogP contribution in [0.1, 0.15) is 13.3 Å². The van der Waals surface area contributed by atoms with Crippen LogP contribution in [0.5, 0.6) is 0 Å². The number of hydrogen-bond donors (Lipinski definition) is 0. The molecule has 0 bridgehead atoms. The number of sulfonamides is 1. The van der Waals surface area contributed by atoms with E-state index in [1.165, 1.54) is 0 Å². The number of nitro groups is 1. The first-order chi connectivity index (χ1) is 9.34. The smallest absolute Gasteiger partial charge is 0.258 e. The van der Waals surface area contributed by atoms with Gasteiger partial charge in [-0.15, -0.1) is 0 Å². The maximum Gasteiger partial charge on any atom is 0.306 e. The molecule has 0 aliphatic rings. The molecule has 1 aromatic carbocycles. The number of rotatable bonds is 6. The Morgan fingerprint density at radius 1 is 1.50 bits per heavy atom. The molecule has 9 heteroatoms. The van der Waals surface area contributed by atoms with Gasteiger partial charge in [0.15, 0.2) is 0 Å². The van der Waals surface area contributed by atoms with Gasteiger partial charge in [-0.1, -0.05) is 6.92 Å². The SMILES string of the molecule is CCN(CCC#N)S(=O)(=O)c1ccc(F)c([N+](=O)[O-])c1. The van der Waals surface area contributed by atoms with E-state index in [-0.39, 0.29) is 24.4 Å². The molecule has 0 saturated carbocycles. The summed E-state index contributed by atoms with van der Waals surface area (Å²) in [7, 11) is -3.99. The maximum atomic E-state index is 13.2. The molecule has 0 spiro atoms. The van der Waals surface area contributed by atoms with Gasteiger partial charge in [0.1, 0.15) is 0 Å². The van der Waals surface area contributed by atoms with Gasteiger partial charge in [0.05, 0.1) is 15.9 Å². The first kappa shape index (κ1) is 16.0. The zero-order valence-electron chi connectivity index (χ0n) is 10.6. The summed E-state index contributed by atoms with van der Waals surface area (Å²) in [5, 5.41) is 19.1.